The molecule has 3 unspecified atom stereocenters. The summed E-state index contributed by atoms with van der Waals surface area (Å²) in [5.41, 5.74) is -0.770. The van der Waals surface area contributed by atoms with Crippen molar-refractivity contribution in [1.82, 2.24) is 0 Å². The molecule has 4 N–H and O–H groups in total. The molecule has 0 bridgehead atoms. The van der Waals surface area contributed by atoms with Crippen LogP contribution >= 0.6 is 0 Å². The van der Waals surface area contributed by atoms with Gasteiger partial charge in [0.1, 0.15) is 5.60 Å². The average molecular weight is 346 g/mol. The van der Waals surface area contributed by atoms with Crippen molar-refractivity contribution in [3.05, 3.63) is 11.6 Å². The van der Waals surface area contributed by atoms with Gasteiger partial charge >= 0.3 is 0 Å². The molecule has 4 rings (SSSR count). The van der Waals surface area contributed by atoms with Crippen molar-refractivity contribution in [2.45, 2.75) is 69.7 Å². The second-order valence-electron chi connectivity index (χ2n) is 9.18. The van der Waals surface area contributed by atoms with Gasteiger partial charge in [-0.2, -0.15) is 0 Å². The molecular formula is C21H30O4. The summed E-state index contributed by atoms with van der Waals surface area (Å²) in [6.07, 6.45) is 11.9. The lowest BCUT2D eigenvalue weighted by molar-refractivity contribution is -0.149. The average Bonchev–Trinajstić information content (AvgIpc) is 2.91. The van der Waals surface area contributed by atoms with Crippen molar-refractivity contribution in [1.29, 1.82) is 0 Å². The highest BCUT2D eigenvalue weighted by molar-refractivity contribution is 5.31. The van der Waals surface area contributed by atoms with E-state index in [0.29, 0.717) is 25.2 Å². The van der Waals surface area contributed by atoms with E-state index in [2.05, 4.69) is 12.8 Å². The molecule has 0 amide bonds. The van der Waals surface area contributed by atoms with Gasteiger partial charge in [-0.15, -0.1) is 6.42 Å². The molecule has 138 valence electrons. The summed E-state index contributed by atoms with van der Waals surface area (Å²) in [6, 6.07) is 0. The maximum absolute atomic E-state index is 11.0. The van der Waals surface area contributed by atoms with Crippen molar-refractivity contribution < 1.29 is 20.4 Å². The van der Waals surface area contributed by atoms with Gasteiger partial charge < -0.3 is 20.4 Å². The second kappa shape index (κ2) is 5.57. The van der Waals surface area contributed by atoms with Gasteiger partial charge in [-0.1, -0.05) is 24.5 Å². The zero-order chi connectivity index (χ0) is 18.0. The number of fused-ring (bicyclic) bond motifs is 5. The molecule has 0 aromatic rings. The topological polar surface area (TPSA) is 80.9 Å². The summed E-state index contributed by atoms with van der Waals surface area (Å²) in [4.78, 5) is 0. The molecule has 0 radical (unpaired) electrons. The van der Waals surface area contributed by atoms with Crippen molar-refractivity contribution in [2.75, 3.05) is 6.61 Å². The van der Waals surface area contributed by atoms with Gasteiger partial charge in [-0.25, -0.2) is 0 Å². The van der Waals surface area contributed by atoms with Gasteiger partial charge in [-0.3, -0.25) is 0 Å². The minimum atomic E-state index is -1.27. The van der Waals surface area contributed by atoms with Gasteiger partial charge in [-0.05, 0) is 68.1 Å². The number of rotatable bonds is 1. The fraction of sp³-hybridized carbons (Fsp3) is 0.810. The van der Waals surface area contributed by atoms with Gasteiger partial charge in [0.2, 0.25) is 0 Å². The summed E-state index contributed by atoms with van der Waals surface area (Å²) in [5.74, 6) is 2.95. The normalized spacial score (nSPS) is 54.7. The molecule has 0 aliphatic heterocycles. The Bertz CT molecular complexity index is 636. The lowest BCUT2D eigenvalue weighted by Crippen LogP contribution is -2.59. The van der Waals surface area contributed by atoms with E-state index in [1.54, 1.807) is 0 Å². The Hall–Kier alpha value is -0.860. The van der Waals surface area contributed by atoms with Crippen LogP contribution in [0.1, 0.15) is 51.9 Å². The third-order valence-electron chi connectivity index (χ3n) is 8.47. The molecule has 3 saturated carbocycles. The Morgan fingerprint density at radius 3 is 2.56 bits per heavy atom. The monoisotopic (exact) mass is 346 g/mol. The van der Waals surface area contributed by atoms with Crippen LogP contribution in [0.3, 0.4) is 0 Å². The van der Waals surface area contributed by atoms with Crippen LogP contribution in [-0.2, 0) is 0 Å². The maximum Gasteiger partial charge on any atom is 0.133 e. The Labute approximate surface area is 150 Å². The summed E-state index contributed by atoms with van der Waals surface area (Å²) < 4.78 is 0. The lowest BCUT2D eigenvalue weighted by atomic mass is 9.46. The van der Waals surface area contributed by atoms with Crippen LogP contribution in [0.5, 0.6) is 0 Å². The first-order valence-corrected chi connectivity index (χ1v) is 9.70. The number of hydrogen-bond donors (Lipinski definition) is 4. The van der Waals surface area contributed by atoms with Crippen LogP contribution in [0.2, 0.25) is 0 Å². The van der Waals surface area contributed by atoms with Crippen LogP contribution in [-0.4, -0.2) is 44.8 Å². The van der Waals surface area contributed by atoms with Crippen molar-refractivity contribution in [2.24, 2.45) is 28.6 Å². The van der Waals surface area contributed by atoms with E-state index in [9.17, 15) is 20.4 Å². The van der Waals surface area contributed by atoms with Gasteiger partial charge in [0, 0.05) is 5.41 Å². The van der Waals surface area contributed by atoms with E-state index < -0.39 is 17.1 Å². The Morgan fingerprint density at radius 1 is 1.16 bits per heavy atom. The zero-order valence-electron chi connectivity index (χ0n) is 15.0. The lowest BCUT2D eigenvalue weighted by Gasteiger charge is -2.59. The highest BCUT2D eigenvalue weighted by atomic mass is 16.3. The van der Waals surface area contributed by atoms with Crippen LogP contribution in [0, 0.1) is 40.9 Å². The van der Waals surface area contributed by atoms with E-state index in [-0.39, 0.29) is 30.0 Å². The number of aliphatic hydroxyl groups excluding tert-OH is 3. The minimum absolute atomic E-state index is 0.00158. The molecule has 25 heavy (non-hydrogen) atoms. The molecule has 0 aromatic carbocycles. The molecule has 0 saturated heterocycles. The first kappa shape index (κ1) is 17.5. The van der Waals surface area contributed by atoms with Crippen LogP contribution in [0.25, 0.3) is 0 Å². The first-order chi connectivity index (χ1) is 11.8. The third-order valence-corrected chi connectivity index (χ3v) is 8.47. The number of aliphatic hydroxyl groups is 4. The smallest absolute Gasteiger partial charge is 0.133 e. The highest BCUT2D eigenvalue weighted by Crippen LogP contribution is 2.66. The third kappa shape index (κ3) is 2.10. The van der Waals surface area contributed by atoms with Crippen molar-refractivity contribution >= 4 is 0 Å². The minimum Gasteiger partial charge on any atom is -0.396 e. The fourth-order valence-corrected chi connectivity index (χ4v) is 7.01. The molecule has 3 fully saturated rings. The Kier molecular flexibility index (Phi) is 3.91. The summed E-state index contributed by atoms with van der Waals surface area (Å²) in [5, 5.41) is 42.3. The van der Waals surface area contributed by atoms with Gasteiger partial charge in [0.15, 0.2) is 0 Å². The molecule has 4 aliphatic carbocycles. The number of hydrogen-bond acceptors (Lipinski definition) is 4. The molecule has 4 nitrogen and oxygen atoms in total. The van der Waals surface area contributed by atoms with Crippen molar-refractivity contribution in [3.63, 3.8) is 0 Å². The highest BCUT2D eigenvalue weighted by Gasteiger charge is 2.66. The van der Waals surface area contributed by atoms with E-state index in [1.807, 2.05) is 6.08 Å². The fourth-order valence-electron chi connectivity index (χ4n) is 7.01. The summed E-state index contributed by atoms with van der Waals surface area (Å²) in [7, 11) is 0. The standard InChI is InChI=1S/C21H30O4/c1-3-21(25)9-6-16-18-15(5-8-20(16,21)12-22)19(2)7-4-14(23)10-13(19)11-17(18)24/h1,11,14-18,22-25H,4-10,12H2,2H3/t14-,15?,16?,17+,18?,19+,20-,21+/m1/s1. The van der Waals surface area contributed by atoms with E-state index in [4.69, 9.17) is 6.42 Å². The van der Waals surface area contributed by atoms with Crippen LogP contribution < -0.4 is 0 Å². The van der Waals surface area contributed by atoms with Crippen LogP contribution in [0.4, 0.5) is 0 Å². The largest absolute Gasteiger partial charge is 0.396 e. The molecule has 4 heteroatoms. The van der Waals surface area contributed by atoms with Crippen LogP contribution in [0.15, 0.2) is 11.6 Å². The molecule has 8 atom stereocenters. The maximum atomic E-state index is 11.0. The van der Waals surface area contributed by atoms with E-state index in [0.717, 1.165) is 25.7 Å². The Morgan fingerprint density at radius 2 is 1.88 bits per heavy atom. The Balaban J connectivity index is 1.76. The number of terminal acetylenes is 1. The van der Waals surface area contributed by atoms with E-state index in [1.165, 1.54) is 5.57 Å². The van der Waals surface area contributed by atoms with Gasteiger partial charge in [0.25, 0.3) is 0 Å². The first-order valence-electron chi connectivity index (χ1n) is 9.70. The predicted molar refractivity (Wildman–Crippen MR) is 94.3 cm³/mol. The second-order valence-corrected chi connectivity index (χ2v) is 9.18. The van der Waals surface area contributed by atoms with Crippen molar-refractivity contribution in [3.8, 4) is 12.3 Å². The summed E-state index contributed by atoms with van der Waals surface area (Å²) in [6.45, 7) is 2.16. The molecule has 0 spiro atoms. The molecule has 0 aromatic heterocycles. The molecule has 0 heterocycles. The zero-order valence-corrected chi connectivity index (χ0v) is 15.0. The van der Waals surface area contributed by atoms with E-state index >= 15 is 0 Å². The molecule has 4 aliphatic rings. The SMILES string of the molecule is C#C[C@]1(O)CCC2C3C(CC[C@@]21CO)[C@@]1(C)CC[C@@H](O)CC1=C[C@@H]3O. The molecular weight excluding hydrogens is 316 g/mol. The predicted octanol–water partition coefficient (Wildman–Crippen LogP) is 1.62. The quantitative estimate of drug-likeness (QED) is 0.430. The summed E-state index contributed by atoms with van der Waals surface area (Å²) >= 11 is 0. The van der Waals surface area contributed by atoms with Gasteiger partial charge in [0.05, 0.1) is 18.8 Å².